The number of aryl methyl sites for hydroxylation is 1. The van der Waals surface area contributed by atoms with Gasteiger partial charge in [-0.05, 0) is 37.8 Å². The number of rotatable bonds is 9. The maximum Gasteiger partial charge on any atom is 0.191 e. The molecule has 0 aromatic heterocycles. The Morgan fingerprint density at radius 2 is 1.96 bits per heavy atom. The van der Waals surface area contributed by atoms with E-state index in [4.69, 9.17) is 9.47 Å². The standard InChI is InChI=1S/C20H34N4O2.HI/c1-17-7-4-5-8-19(17)26-15-6-11-22-20(21-2)23-18-9-12-24(13-10-18)14-16-25-3;/h4-5,7-8,18H,6,9-16H2,1-3H3,(H2,21,22,23);1H. The summed E-state index contributed by atoms with van der Waals surface area (Å²) in [6.45, 7) is 7.68. The second-order valence-electron chi connectivity index (χ2n) is 6.72. The molecule has 2 N–H and O–H groups in total. The number of methoxy groups -OCH3 is 1. The van der Waals surface area contributed by atoms with Crippen molar-refractivity contribution in [3.8, 4) is 5.75 Å². The number of benzene rings is 1. The van der Waals surface area contributed by atoms with Crippen LogP contribution in [0.25, 0.3) is 0 Å². The van der Waals surface area contributed by atoms with Crippen LogP contribution in [0.4, 0.5) is 0 Å². The molecule has 7 heteroatoms. The van der Waals surface area contributed by atoms with Crippen molar-refractivity contribution < 1.29 is 9.47 Å². The lowest BCUT2D eigenvalue weighted by molar-refractivity contribution is 0.128. The smallest absolute Gasteiger partial charge is 0.191 e. The summed E-state index contributed by atoms with van der Waals surface area (Å²) >= 11 is 0. The number of aliphatic imine (C=N–C) groups is 1. The molecule has 1 heterocycles. The van der Waals surface area contributed by atoms with Crippen LogP contribution in [-0.4, -0.2) is 70.5 Å². The van der Waals surface area contributed by atoms with Crippen LogP contribution in [-0.2, 0) is 4.74 Å². The highest BCUT2D eigenvalue weighted by Crippen LogP contribution is 2.16. The lowest BCUT2D eigenvalue weighted by Gasteiger charge is -2.32. The number of nitrogens with one attached hydrogen (secondary N) is 2. The first-order chi connectivity index (χ1) is 12.7. The fourth-order valence-electron chi connectivity index (χ4n) is 3.09. The van der Waals surface area contributed by atoms with Gasteiger partial charge in [-0.2, -0.15) is 0 Å². The molecule has 0 spiro atoms. The minimum atomic E-state index is 0. The number of hydrogen-bond acceptors (Lipinski definition) is 4. The highest BCUT2D eigenvalue weighted by atomic mass is 127. The lowest BCUT2D eigenvalue weighted by Crippen LogP contribution is -2.49. The van der Waals surface area contributed by atoms with Crippen molar-refractivity contribution in [2.45, 2.75) is 32.2 Å². The van der Waals surface area contributed by atoms with Gasteiger partial charge in [-0.25, -0.2) is 0 Å². The predicted molar refractivity (Wildman–Crippen MR) is 123 cm³/mol. The Labute approximate surface area is 181 Å². The molecule has 6 nitrogen and oxygen atoms in total. The summed E-state index contributed by atoms with van der Waals surface area (Å²) in [4.78, 5) is 6.80. The normalized spacial score (nSPS) is 15.9. The second kappa shape index (κ2) is 14.0. The maximum atomic E-state index is 5.83. The van der Waals surface area contributed by atoms with E-state index in [2.05, 4.69) is 33.5 Å². The largest absolute Gasteiger partial charge is 0.493 e. The summed E-state index contributed by atoms with van der Waals surface area (Å²) in [7, 11) is 3.59. The molecule has 2 rings (SSSR count). The van der Waals surface area contributed by atoms with E-state index in [1.54, 1.807) is 7.11 Å². The molecular weight excluding hydrogens is 455 g/mol. The van der Waals surface area contributed by atoms with Crippen LogP contribution in [0.15, 0.2) is 29.3 Å². The average Bonchev–Trinajstić information content (AvgIpc) is 2.67. The van der Waals surface area contributed by atoms with Gasteiger partial charge in [0.2, 0.25) is 0 Å². The summed E-state index contributed by atoms with van der Waals surface area (Å²) in [6.07, 6.45) is 3.21. The van der Waals surface area contributed by atoms with Gasteiger partial charge in [-0.1, -0.05) is 18.2 Å². The van der Waals surface area contributed by atoms with Crippen molar-refractivity contribution >= 4 is 29.9 Å². The van der Waals surface area contributed by atoms with E-state index in [0.717, 1.165) is 63.8 Å². The van der Waals surface area contributed by atoms with Gasteiger partial charge in [0.25, 0.3) is 0 Å². The van der Waals surface area contributed by atoms with Gasteiger partial charge in [0, 0.05) is 46.4 Å². The molecule has 0 unspecified atom stereocenters. The van der Waals surface area contributed by atoms with Crippen LogP contribution < -0.4 is 15.4 Å². The molecule has 1 aromatic rings. The Hall–Kier alpha value is -1.06. The molecule has 0 saturated carbocycles. The van der Waals surface area contributed by atoms with Gasteiger partial charge in [-0.15, -0.1) is 24.0 Å². The number of likely N-dealkylation sites (tertiary alicyclic amines) is 1. The van der Waals surface area contributed by atoms with Crippen LogP contribution in [0.3, 0.4) is 0 Å². The van der Waals surface area contributed by atoms with Gasteiger partial charge in [-0.3, -0.25) is 4.99 Å². The number of nitrogens with zero attached hydrogens (tertiary/aromatic N) is 2. The Kier molecular flexibility index (Phi) is 12.4. The van der Waals surface area contributed by atoms with Crippen LogP contribution in [0.2, 0.25) is 0 Å². The van der Waals surface area contributed by atoms with Crippen molar-refractivity contribution in [2.24, 2.45) is 4.99 Å². The average molecular weight is 490 g/mol. The van der Waals surface area contributed by atoms with E-state index in [-0.39, 0.29) is 24.0 Å². The molecule has 0 radical (unpaired) electrons. The number of para-hydroxylation sites is 1. The molecule has 154 valence electrons. The van der Waals surface area contributed by atoms with Gasteiger partial charge in [0.15, 0.2) is 5.96 Å². The van der Waals surface area contributed by atoms with E-state index >= 15 is 0 Å². The molecular formula is C20H35IN4O2. The highest BCUT2D eigenvalue weighted by Gasteiger charge is 2.19. The first kappa shape index (κ1) is 24.0. The quantitative estimate of drug-likeness (QED) is 0.241. The van der Waals surface area contributed by atoms with E-state index in [9.17, 15) is 0 Å². The summed E-state index contributed by atoms with van der Waals surface area (Å²) < 4.78 is 11.0. The van der Waals surface area contributed by atoms with Crippen molar-refractivity contribution in [1.82, 2.24) is 15.5 Å². The van der Waals surface area contributed by atoms with Crippen LogP contribution >= 0.6 is 24.0 Å². The predicted octanol–water partition coefficient (Wildman–Crippen LogP) is 2.66. The van der Waals surface area contributed by atoms with E-state index < -0.39 is 0 Å². The molecule has 1 aromatic carbocycles. The third-order valence-electron chi connectivity index (χ3n) is 4.73. The van der Waals surface area contributed by atoms with Crippen LogP contribution in [0, 0.1) is 6.92 Å². The third kappa shape index (κ3) is 9.12. The van der Waals surface area contributed by atoms with E-state index in [1.807, 2.05) is 25.2 Å². The lowest BCUT2D eigenvalue weighted by atomic mass is 10.1. The zero-order valence-corrected chi connectivity index (χ0v) is 19.2. The Morgan fingerprint density at radius 3 is 2.63 bits per heavy atom. The molecule has 0 amide bonds. The number of ether oxygens (including phenoxy) is 2. The molecule has 0 bridgehead atoms. The number of guanidine groups is 1. The fraction of sp³-hybridized carbons (Fsp3) is 0.650. The second-order valence-corrected chi connectivity index (χ2v) is 6.72. The van der Waals surface area contributed by atoms with E-state index in [0.29, 0.717) is 12.6 Å². The van der Waals surface area contributed by atoms with Crippen LogP contribution in [0.5, 0.6) is 5.75 Å². The van der Waals surface area contributed by atoms with Crippen molar-refractivity contribution in [3.05, 3.63) is 29.8 Å². The SMILES string of the molecule is CN=C(NCCCOc1ccccc1C)NC1CCN(CCOC)CC1.I. The van der Waals surface area contributed by atoms with Gasteiger partial charge < -0.3 is 25.0 Å². The molecule has 1 aliphatic rings. The fourth-order valence-corrected chi connectivity index (χ4v) is 3.09. The Bertz CT molecular complexity index is 549. The van der Waals surface area contributed by atoms with Gasteiger partial charge >= 0.3 is 0 Å². The van der Waals surface area contributed by atoms with Crippen molar-refractivity contribution in [1.29, 1.82) is 0 Å². The topological polar surface area (TPSA) is 58.1 Å². The number of halogens is 1. The number of hydrogen-bond donors (Lipinski definition) is 2. The van der Waals surface area contributed by atoms with Crippen LogP contribution in [0.1, 0.15) is 24.8 Å². The molecule has 1 fully saturated rings. The Morgan fingerprint density at radius 1 is 1.22 bits per heavy atom. The molecule has 1 saturated heterocycles. The van der Waals surface area contributed by atoms with Gasteiger partial charge in [0.05, 0.1) is 13.2 Å². The maximum absolute atomic E-state index is 5.83. The third-order valence-corrected chi connectivity index (χ3v) is 4.73. The summed E-state index contributed by atoms with van der Waals surface area (Å²) in [6, 6.07) is 8.61. The minimum absolute atomic E-state index is 0. The Balaban J connectivity index is 0.00000364. The zero-order valence-electron chi connectivity index (χ0n) is 16.9. The first-order valence-corrected chi connectivity index (χ1v) is 9.60. The molecule has 0 atom stereocenters. The number of piperidine rings is 1. The highest BCUT2D eigenvalue weighted by molar-refractivity contribution is 14.0. The summed E-state index contributed by atoms with van der Waals surface area (Å²) in [5.74, 6) is 1.85. The van der Waals surface area contributed by atoms with Crippen molar-refractivity contribution in [3.63, 3.8) is 0 Å². The summed E-state index contributed by atoms with van der Waals surface area (Å²) in [5, 5.41) is 6.93. The monoisotopic (exact) mass is 490 g/mol. The molecule has 1 aliphatic heterocycles. The minimum Gasteiger partial charge on any atom is -0.493 e. The van der Waals surface area contributed by atoms with Crippen molar-refractivity contribution in [2.75, 3.05) is 53.6 Å². The summed E-state index contributed by atoms with van der Waals surface area (Å²) in [5.41, 5.74) is 1.18. The molecule has 27 heavy (non-hydrogen) atoms. The van der Waals surface area contributed by atoms with Gasteiger partial charge in [0.1, 0.15) is 5.75 Å². The van der Waals surface area contributed by atoms with E-state index in [1.165, 1.54) is 5.56 Å². The zero-order chi connectivity index (χ0) is 18.6. The first-order valence-electron chi connectivity index (χ1n) is 9.60. The molecule has 0 aliphatic carbocycles.